The van der Waals surface area contributed by atoms with Crippen LogP contribution in [-0.2, 0) is 0 Å². The first-order chi connectivity index (χ1) is 15.8. The van der Waals surface area contributed by atoms with Crippen LogP contribution in [0.1, 0.15) is 22.5 Å². The predicted molar refractivity (Wildman–Crippen MR) is 135 cm³/mol. The highest BCUT2D eigenvalue weighted by Crippen LogP contribution is 2.42. The van der Waals surface area contributed by atoms with E-state index in [4.69, 9.17) is 20.1 Å². The third kappa shape index (κ3) is 2.95. The summed E-state index contributed by atoms with van der Waals surface area (Å²) in [5.41, 5.74) is 4.05. The van der Waals surface area contributed by atoms with Gasteiger partial charge in [-0.05, 0) is 36.4 Å². The minimum atomic E-state index is 0.00924. The van der Waals surface area contributed by atoms with E-state index in [0.29, 0.717) is 0 Å². The summed E-state index contributed by atoms with van der Waals surface area (Å²) in [6.07, 6.45) is 0.759. The normalized spacial score (nSPS) is 16.4. The minimum absolute atomic E-state index is 0.00924. The molecule has 0 fully saturated rings. The predicted octanol–water partition coefficient (Wildman–Crippen LogP) is 6.87. The number of nitrogens with zero attached hydrogens (tertiary/aromatic N) is 5. The second kappa shape index (κ2) is 7.16. The van der Waals surface area contributed by atoms with Gasteiger partial charge in [0.25, 0.3) is 0 Å². The van der Waals surface area contributed by atoms with Crippen molar-refractivity contribution in [1.82, 2.24) is 15.0 Å². The number of hydrogen-bond donors (Lipinski definition) is 0. The van der Waals surface area contributed by atoms with E-state index in [9.17, 15) is 0 Å². The largest absolute Gasteiger partial charge is 0.239 e. The van der Waals surface area contributed by atoms with Crippen LogP contribution in [0.4, 0.5) is 5.13 Å². The molecular formula is C24H15N5S3. The zero-order chi connectivity index (χ0) is 21.1. The SMILES string of the molecule is c1ccc2sc(C3=NN(c4nc5ccccc5s4)C(c4nc5ccccc5s4)C3)nc2c1. The molecule has 1 aliphatic rings. The number of rotatable bonds is 3. The first-order valence-electron chi connectivity index (χ1n) is 10.3. The van der Waals surface area contributed by atoms with Crippen molar-refractivity contribution < 1.29 is 0 Å². The third-order valence-electron chi connectivity index (χ3n) is 5.53. The second-order valence-electron chi connectivity index (χ2n) is 7.58. The molecule has 0 saturated heterocycles. The van der Waals surface area contributed by atoms with Gasteiger partial charge < -0.3 is 0 Å². The van der Waals surface area contributed by atoms with Crippen molar-refractivity contribution in [2.24, 2.45) is 5.10 Å². The van der Waals surface area contributed by atoms with Gasteiger partial charge in [0.2, 0.25) is 5.13 Å². The van der Waals surface area contributed by atoms with Crippen molar-refractivity contribution >= 4 is 75.5 Å². The summed E-state index contributed by atoms with van der Waals surface area (Å²) >= 11 is 5.10. The molecule has 1 aliphatic heterocycles. The lowest BCUT2D eigenvalue weighted by atomic mass is 10.1. The average molecular weight is 470 g/mol. The van der Waals surface area contributed by atoms with Crippen molar-refractivity contribution in [2.45, 2.75) is 12.5 Å². The molecule has 154 valence electrons. The lowest BCUT2D eigenvalue weighted by Gasteiger charge is -2.18. The summed E-state index contributed by atoms with van der Waals surface area (Å²) in [4.78, 5) is 14.7. The highest BCUT2D eigenvalue weighted by molar-refractivity contribution is 7.22. The molecule has 0 N–H and O–H groups in total. The molecule has 5 nitrogen and oxygen atoms in total. The number of para-hydroxylation sites is 3. The topological polar surface area (TPSA) is 54.3 Å². The zero-order valence-electron chi connectivity index (χ0n) is 16.7. The highest BCUT2D eigenvalue weighted by atomic mass is 32.1. The Morgan fingerprint density at radius 2 is 1.25 bits per heavy atom. The number of fused-ring (bicyclic) bond motifs is 3. The molecule has 1 unspecified atom stereocenters. The fourth-order valence-corrected chi connectivity index (χ4v) is 6.97. The fourth-order valence-electron chi connectivity index (χ4n) is 3.99. The molecule has 32 heavy (non-hydrogen) atoms. The minimum Gasteiger partial charge on any atom is -0.239 e. The van der Waals surface area contributed by atoms with E-state index in [2.05, 4.69) is 59.6 Å². The van der Waals surface area contributed by atoms with Gasteiger partial charge in [0.15, 0.2) is 0 Å². The Bertz CT molecular complexity index is 1540. The number of thiazole rings is 3. The molecule has 0 spiro atoms. The Labute approximate surface area is 195 Å². The maximum atomic E-state index is 5.06. The Balaban J connectivity index is 1.36. The molecule has 0 aliphatic carbocycles. The summed E-state index contributed by atoms with van der Waals surface area (Å²) in [7, 11) is 0. The van der Waals surface area contributed by atoms with Crippen molar-refractivity contribution in [1.29, 1.82) is 0 Å². The first kappa shape index (κ1) is 18.4. The summed E-state index contributed by atoms with van der Waals surface area (Å²) in [5, 5.41) is 10.0. The van der Waals surface area contributed by atoms with Gasteiger partial charge in [-0.1, -0.05) is 47.7 Å². The highest BCUT2D eigenvalue weighted by Gasteiger charge is 2.35. The van der Waals surface area contributed by atoms with Crippen LogP contribution in [0.3, 0.4) is 0 Å². The summed E-state index contributed by atoms with van der Waals surface area (Å²) in [5.74, 6) is 0. The van der Waals surface area contributed by atoms with Crippen LogP contribution in [0.25, 0.3) is 30.6 Å². The van der Waals surface area contributed by atoms with E-state index in [1.807, 2.05) is 18.2 Å². The lowest BCUT2D eigenvalue weighted by Crippen LogP contribution is -2.18. The summed E-state index contributed by atoms with van der Waals surface area (Å²) in [6, 6.07) is 24.8. The molecule has 8 heteroatoms. The first-order valence-corrected chi connectivity index (χ1v) is 12.7. The zero-order valence-corrected chi connectivity index (χ0v) is 19.1. The molecule has 0 radical (unpaired) electrons. The van der Waals surface area contributed by atoms with Crippen LogP contribution in [0.2, 0.25) is 0 Å². The quantitative estimate of drug-likeness (QED) is 0.284. The van der Waals surface area contributed by atoms with Gasteiger partial charge in [-0.3, -0.25) is 0 Å². The maximum Gasteiger partial charge on any atom is 0.207 e. The number of anilines is 1. The number of aromatic nitrogens is 3. The molecular weight excluding hydrogens is 455 g/mol. The molecule has 0 bridgehead atoms. The molecule has 1 atom stereocenters. The van der Waals surface area contributed by atoms with Crippen LogP contribution in [-0.4, -0.2) is 20.7 Å². The molecule has 3 aromatic carbocycles. The maximum absolute atomic E-state index is 5.06. The lowest BCUT2D eigenvalue weighted by molar-refractivity contribution is 0.703. The Morgan fingerprint density at radius 1 is 0.656 bits per heavy atom. The Kier molecular flexibility index (Phi) is 4.11. The van der Waals surface area contributed by atoms with Crippen LogP contribution in [0, 0.1) is 0 Å². The molecule has 4 heterocycles. The fraction of sp³-hybridized carbons (Fsp3) is 0.0833. The van der Waals surface area contributed by atoms with E-state index in [0.717, 1.165) is 48.5 Å². The Hall–Kier alpha value is -3.20. The van der Waals surface area contributed by atoms with Gasteiger partial charge in [-0.25, -0.2) is 20.0 Å². The van der Waals surface area contributed by atoms with Crippen LogP contribution >= 0.6 is 34.0 Å². The van der Waals surface area contributed by atoms with Crippen LogP contribution < -0.4 is 5.01 Å². The molecule has 6 aromatic rings. The van der Waals surface area contributed by atoms with Gasteiger partial charge in [0.05, 0.1) is 36.4 Å². The molecule has 3 aromatic heterocycles. The van der Waals surface area contributed by atoms with E-state index in [1.165, 1.54) is 9.40 Å². The Morgan fingerprint density at radius 3 is 1.91 bits per heavy atom. The van der Waals surface area contributed by atoms with Gasteiger partial charge in [0.1, 0.15) is 16.1 Å². The standard InChI is InChI=1S/C24H15N5S3/c1-4-10-19-14(7-1)25-22(30-19)17-13-18(23-26-15-8-2-5-11-20(15)31-23)29(28-17)24-27-16-9-3-6-12-21(16)32-24/h1-12,18H,13H2. The van der Waals surface area contributed by atoms with E-state index >= 15 is 0 Å². The van der Waals surface area contributed by atoms with E-state index in [-0.39, 0.29) is 6.04 Å². The van der Waals surface area contributed by atoms with E-state index in [1.54, 1.807) is 34.0 Å². The van der Waals surface area contributed by atoms with Crippen LogP contribution in [0.15, 0.2) is 77.9 Å². The van der Waals surface area contributed by atoms with Crippen LogP contribution in [0.5, 0.6) is 0 Å². The smallest absolute Gasteiger partial charge is 0.207 e. The van der Waals surface area contributed by atoms with Crippen molar-refractivity contribution in [3.63, 3.8) is 0 Å². The van der Waals surface area contributed by atoms with Gasteiger partial charge in [-0.15, -0.1) is 22.7 Å². The van der Waals surface area contributed by atoms with Crippen molar-refractivity contribution in [2.75, 3.05) is 5.01 Å². The molecule has 0 saturated carbocycles. The number of hydrogen-bond acceptors (Lipinski definition) is 8. The van der Waals surface area contributed by atoms with E-state index < -0.39 is 0 Å². The molecule has 0 amide bonds. The number of benzene rings is 3. The van der Waals surface area contributed by atoms with Gasteiger partial charge in [0, 0.05) is 6.42 Å². The third-order valence-corrected chi connectivity index (χ3v) is 8.77. The summed E-state index contributed by atoms with van der Waals surface area (Å²) in [6.45, 7) is 0. The van der Waals surface area contributed by atoms with Crippen molar-refractivity contribution in [3.05, 3.63) is 82.8 Å². The van der Waals surface area contributed by atoms with Gasteiger partial charge >= 0.3 is 0 Å². The number of hydrazone groups is 1. The monoisotopic (exact) mass is 469 g/mol. The van der Waals surface area contributed by atoms with Gasteiger partial charge in [-0.2, -0.15) is 5.10 Å². The molecule has 7 rings (SSSR count). The average Bonchev–Trinajstić information content (AvgIpc) is 3.60. The second-order valence-corrected chi connectivity index (χ2v) is 10.7. The summed E-state index contributed by atoms with van der Waals surface area (Å²) < 4.78 is 3.54. The van der Waals surface area contributed by atoms with Crippen molar-refractivity contribution in [3.8, 4) is 0 Å².